The topological polar surface area (TPSA) is 70.9 Å². The third kappa shape index (κ3) is 2.77. The summed E-state index contributed by atoms with van der Waals surface area (Å²) >= 11 is 6.16. The molecule has 1 heterocycles. The highest BCUT2D eigenvalue weighted by Crippen LogP contribution is 2.35. The number of aliphatic hydroxyl groups excluding tert-OH is 1. The molecule has 0 radical (unpaired) electrons. The minimum Gasteiger partial charge on any atom is -0.481 e. The van der Waals surface area contributed by atoms with Crippen molar-refractivity contribution in [2.24, 2.45) is 10.9 Å². The first-order valence-electron chi connectivity index (χ1n) is 6.18. The summed E-state index contributed by atoms with van der Waals surface area (Å²) in [4.78, 5) is 15.9. The number of hydrogen-bond acceptors (Lipinski definition) is 4. The van der Waals surface area contributed by atoms with E-state index in [0.717, 1.165) is 0 Å². The summed E-state index contributed by atoms with van der Waals surface area (Å²) in [6.07, 6.45) is 0. The van der Waals surface area contributed by atoms with Crippen molar-refractivity contribution in [3.05, 3.63) is 47.1 Å². The fourth-order valence-corrected chi connectivity index (χ4v) is 2.39. The van der Waals surface area contributed by atoms with Gasteiger partial charge in [-0.05, 0) is 18.6 Å². The maximum absolute atomic E-state index is 12.1. The van der Waals surface area contributed by atoms with Gasteiger partial charge in [-0.2, -0.15) is 0 Å². The highest BCUT2D eigenvalue weighted by Gasteiger charge is 2.38. The van der Waals surface area contributed by atoms with Crippen LogP contribution < -0.4 is 5.32 Å². The van der Waals surface area contributed by atoms with Gasteiger partial charge in [0.2, 0.25) is 0 Å². The van der Waals surface area contributed by atoms with E-state index in [1.807, 2.05) is 0 Å². The molecule has 0 bridgehead atoms. The lowest BCUT2D eigenvalue weighted by Crippen LogP contribution is -2.42. The number of hydrogen-bond donors (Lipinski definition) is 2. The molecule has 2 N–H and O–H groups in total. The first-order valence-corrected chi connectivity index (χ1v) is 6.56. The third-order valence-corrected chi connectivity index (χ3v) is 3.35. The van der Waals surface area contributed by atoms with Crippen LogP contribution in [0.15, 0.2) is 41.5 Å². The van der Waals surface area contributed by atoms with Gasteiger partial charge in [0.1, 0.15) is 5.92 Å². The van der Waals surface area contributed by atoms with Crippen molar-refractivity contribution in [2.45, 2.75) is 13.0 Å². The summed E-state index contributed by atoms with van der Waals surface area (Å²) in [5, 5.41) is 12.9. The van der Waals surface area contributed by atoms with Crippen LogP contribution in [0.5, 0.6) is 0 Å². The van der Waals surface area contributed by atoms with E-state index in [2.05, 4.69) is 16.9 Å². The van der Waals surface area contributed by atoms with Crippen molar-refractivity contribution in [1.82, 2.24) is 5.32 Å². The number of nitrogens with one attached hydrogen (secondary N) is 1. The summed E-state index contributed by atoms with van der Waals surface area (Å²) in [7, 11) is 0. The van der Waals surface area contributed by atoms with Crippen LogP contribution in [-0.4, -0.2) is 23.7 Å². The van der Waals surface area contributed by atoms with Crippen molar-refractivity contribution >= 4 is 23.6 Å². The number of amidine groups is 1. The van der Waals surface area contributed by atoms with Crippen molar-refractivity contribution in [2.75, 3.05) is 6.61 Å². The first-order chi connectivity index (χ1) is 9.54. The number of carbonyl (C=O) groups is 1. The Kier molecular flexibility index (Phi) is 4.29. The van der Waals surface area contributed by atoms with Gasteiger partial charge in [-0.1, -0.05) is 36.4 Å². The number of benzene rings is 1. The number of carbonyl (C=O) groups excluding carboxylic acids is 1. The lowest BCUT2D eigenvalue weighted by Gasteiger charge is -2.30. The van der Waals surface area contributed by atoms with Crippen molar-refractivity contribution in [1.29, 1.82) is 0 Å². The average Bonchev–Trinajstić information content (AvgIpc) is 2.38. The molecule has 1 aromatic carbocycles. The molecule has 1 aliphatic heterocycles. The summed E-state index contributed by atoms with van der Waals surface area (Å²) in [5.74, 6) is -1.18. The second-order valence-corrected chi connectivity index (χ2v) is 4.71. The molecule has 5 nitrogen and oxygen atoms in total. The SMILES string of the molecule is C=C1N=C(O)NC(c2ccccc2Cl)[C@@H]1C(=O)OCC. The summed E-state index contributed by atoms with van der Waals surface area (Å²) in [6, 6.07) is 6.23. The third-order valence-electron chi connectivity index (χ3n) is 3.01. The van der Waals surface area contributed by atoms with Crippen LogP contribution in [0.25, 0.3) is 0 Å². The van der Waals surface area contributed by atoms with E-state index in [9.17, 15) is 9.90 Å². The van der Waals surface area contributed by atoms with Crippen LogP contribution in [-0.2, 0) is 9.53 Å². The number of rotatable bonds is 3. The average molecular weight is 295 g/mol. The van der Waals surface area contributed by atoms with Crippen LogP contribution >= 0.6 is 11.6 Å². The largest absolute Gasteiger partial charge is 0.481 e. The Hall–Kier alpha value is -2.01. The van der Waals surface area contributed by atoms with E-state index in [1.54, 1.807) is 31.2 Å². The highest BCUT2D eigenvalue weighted by molar-refractivity contribution is 6.31. The number of halogens is 1. The summed E-state index contributed by atoms with van der Waals surface area (Å²) in [5.41, 5.74) is 0.916. The van der Waals surface area contributed by atoms with Crippen molar-refractivity contribution in [3.8, 4) is 0 Å². The van der Waals surface area contributed by atoms with Crippen LogP contribution in [0.1, 0.15) is 18.5 Å². The van der Waals surface area contributed by atoms with Gasteiger partial charge in [0.25, 0.3) is 6.02 Å². The summed E-state index contributed by atoms with van der Waals surface area (Å²) < 4.78 is 5.04. The number of ether oxygens (including phenoxy) is 1. The zero-order valence-corrected chi connectivity index (χ0v) is 11.7. The van der Waals surface area contributed by atoms with Crippen LogP contribution in [0, 0.1) is 5.92 Å². The van der Waals surface area contributed by atoms with Gasteiger partial charge in [0.05, 0.1) is 18.3 Å². The Morgan fingerprint density at radius 1 is 1.55 bits per heavy atom. The Morgan fingerprint density at radius 2 is 2.25 bits per heavy atom. The molecule has 0 spiro atoms. The molecule has 0 aromatic heterocycles. The van der Waals surface area contributed by atoms with E-state index in [0.29, 0.717) is 10.6 Å². The number of aliphatic hydroxyl groups is 1. The quantitative estimate of drug-likeness (QED) is 0.841. The van der Waals surface area contributed by atoms with E-state index in [-0.39, 0.29) is 18.3 Å². The second kappa shape index (κ2) is 5.96. The molecule has 1 aromatic rings. The van der Waals surface area contributed by atoms with Gasteiger partial charge < -0.3 is 15.2 Å². The Labute approximate surface area is 121 Å². The molecule has 0 saturated heterocycles. The number of nitrogens with zero attached hydrogens (tertiary/aromatic N) is 1. The van der Waals surface area contributed by atoms with Gasteiger partial charge in [-0.15, -0.1) is 0 Å². The fourth-order valence-electron chi connectivity index (χ4n) is 2.14. The zero-order chi connectivity index (χ0) is 14.7. The maximum atomic E-state index is 12.1. The standard InChI is InChI=1S/C14H15ClN2O3/c1-3-20-13(18)11-8(2)16-14(19)17-12(11)9-6-4-5-7-10(9)15/h4-7,11-12H,2-3H2,1H3,(H2,16,17,19)/t11-,12?/m1/s1. The molecule has 2 atom stereocenters. The van der Waals surface area contributed by atoms with E-state index in [1.165, 1.54) is 0 Å². The molecule has 20 heavy (non-hydrogen) atoms. The molecule has 1 aliphatic rings. The monoisotopic (exact) mass is 294 g/mol. The molecule has 2 rings (SSSR count). The van der Waals surface area contributed by atoms with Crippen LogP contribution in [0.3, 0.4) is 0 Å². The van der Waals surface area contributed by atoms with Crippen LogP contribution in [0.4, 0.5) is 0 Å². The van der Waals surface area contributed by atoms with E-state index in [4.69, 9.17) is 16.3 Å². The maximum Gasteiger partial charge on any atom is 0.317 e. The molecular weight excluding hydrogens is 280 g/mol. The summed E-state index contributed by atoms with van der Waals surface area (Å²) in [6.45, 7) is 5.71. The lowest BCUT2D eigenvalue weighted by molar-refractivity contribution is -0.147. The molecule has 0 amide bonds. The minimum atomic E-state index is -0.731. The predicted octanol–water partition coefficient (Wildman–Crippen LogP) is 2.59. The first kappa shape index (κ1) is 14.4. The number of esters is 1. The molecular formula is C14H15ClN2O3. The molecule has 0 saturated carbocycles. The highest BCUT2D eigenvalue weighted by atomic mass is 35.5. The predicted molar refractivity (Wildman–Crippen MR) is 76.7 cm³/mol. The minimum absolute atomic E-state index is 0.240. The van der Waals surface area contributed by atoms with Gasteiger partial charge in [-0.25, -0.2) is 4.99 Å². The van der Waals surface area contributed by atoms with Crippen molar-refractivity contribution in [3.63, 3.8) is 0 Å². The Balaban J connectivity index is 2.42. The number of aliphatic imine (C=N–C) groups is 1. The smallest absolute Gasteiger partial charge is 0.317 e. The van der Waals surface area contributed by atoms with E-state index >= 15 is 0 Å². The van der Waals surface area contributed by atoms with Crippen molar-refractivity contribution < 1.29 is 14.6 Å². The molecule has 6 heteroatoms. The molecule has 0 fully saturated rings. The van der Waals surface area contributed by atoms with Gasteiger partial charge >= 0.3 is 5.97 Å². The van der Waals surface area contributed by atoms with Crippen LogP contribution in [0.2, 0.25) is 5.02 Å². The molecule has 1 unspecified atom stereocenters. The Bertz CT molecular complexity index is 571. The molecule has 0 aliphatic carbocycles. The Morgan fingerprint density at radius 3 is 2.90 bits per heavy atom. The second-order valence-electron chi connectivity index (χ2n) is 4.30. The lowest BCUT2D eigenvalue weighted by atomic mass is 9.89. The normalized spacial score (nSPS) is 21.9. The fraction of sp³-hybridized carbons (Fsp3) is 0.286. The van der Waals surface area contributed by atoms with Gasteiger partial charge in [0.15, 0.2) is 0 Å². The van der Waals surface area contributed by atoms with Gasteiger partial charge in [-0.3, -0.25) is 4.79 Å². The molecule has 106 valence electrons. The zero-order valence-electron chi connectivity index (χ0n) is 11.0. The van der Waals surface area contributed by atoms with Gasteiger partial charge in [0, 0.05) is 5.02 Å². The van der Waals surface area contributed by atoms with E-state index < -0.39 is 17.9 Å².